The highest BCUT2D eigenvalue weighted by Gasteiger charge is 1.84. The Kier molecular flexibility index (Phi) is 8.11. The molecule has 0 bridgehead atoms. The highest BCUT2D eigenvalue weighted by atomic mass is 14.8. The average molecular weight is 139 g/mol. The Hall–Kier alpha value is -0.480. The molecule has 1 heteroatoms. The Balaban J connectivity index is 2.72. The van der Waals surface area contributed by atoms with E-state index in [2.05, 4.69) is 18.2 Å². The number of terminal acetylenes is 1. The minimum atomic E-state index is 0.924. The summed E-state index contributed by atoms with van der Waals surface area (Å²) in [6.45, 7) is 4.43. The molecule has 0 aliphatic rings. The van der Waals surface area contributed by atoms with Crippen LogP contribution in [0.4, 0.5) is 0 Å². The normalized spacial score (nSPS) is 9.20. The van der Waals surface area contributed by atoms with Gasteiger partial charge in [0.1, 0.15) is 0 Å². The van der Waals surface area contributed by atoms with Crippen molar-refractivity contribution >= 4 is 0 Å². The van der Waals surface area contributed by atoms with Gasteiger partial charge >= 0.3 is 0 Å². The van der Waals surface area contributed by atoms with Gasteiger partial charge in [-0.1, -0.05) is 6.92 Å². The van der Waals surface area contributed by atoms with Gasteiger partial charge in [0.2, 0.25) is 0 Å². The molecule has 0 aromatic rings. The van der Waals surface area contributed by atoms with Crippen LogP contribution in [0.5, 0.6) is 0 Å². The number of rotatable bonds is 6. The molecule has 0 saturated carbocycles. The van der Waals surface area contributed by atoms with Crippen LogP contribution in [0, 0.1) is 12.3 Å². The highest BCUT2D eigenvalue weighted by Crippen LogP contribution is 1.90. The van der Waals surface area contributed by atoms with Crippen LogP contribution in [0.25, 0.3) is 0 Å². The molecular formula is C9H17N. The molecule has 0 radical (unpaired) electrons. The first-order valence-corrected chi connectivity index (χ1v) is 4.06. The fourth-order valence-corrected chi connectivity index (χ4v) is 0.779. The van der Waals surface area contributed by atoms with Crippen LogP contribution < -0.4 is 5.32 Å². The average Bonchev–Trinajstić information content (AvgIpc) is 1.97. The van der Waals surface area contributed by atoms with Gasteiger partial charge in [0.25, 0.3) is 0 Å². The van der Waals surface area contributed by atoms with Crippen molar-refractivity contribution in [2.45, 2.75) is 32.6 Å². The summed E-state index contributed by atoms with van der Waals surface area (Å²) in [5, 5.41) is 3.33. The van der Waals surface area contributed by atoms with E-state index in [1.165, 1.54) is 12.8 Å². The molecule has 0 saturated heterocycles. The highest BCUT2D eigenvalue weighted by molar-refractivity contribution is 4.82. The minimum absolute atomic E-state index is 0.924. The fourth-order valence-electron chi connectivity index (χ4n) is 0.779. The van der Waals surface area contributed by atoms with E-state index in [0.717, 1.165) is 25.9 Å². The Morgan fingerprint density at radius 3 is 2.70 bits per heavy atom. The van der Waals surface area contributed by atoms with Crippen molar-refractivity contribution in [3.8, 4) is 12.3 Å². The largest absolute Gasteiger partial charge is 0.317 e. The molecule has 0 unspecified atom stereocenters. The number of nitrogens with one attached hydrogen (secondary N) is 1. The SMILES string of the molecule is C#CCCCCNCCC. The van der Waals surface area contributed by atoms with Gasteiger partial charge in [0.05, 0.1) is 0 Å². The van der Waals surface area contributed by atoms with E-state index in [4.69, 9.17) is 6.42 Å². The first kappa shape index (κ1) is 9.52. The van der Waals surface area contributed by atoms with Gasteiger partial charge in [-0.3, -0.25) is 0 Å². The molecule has 0 aromatic carbocycles. The van der Waals surface area contributed by atoms with Gasteiger partial charge < -0.3 is 5.32 Å². The van der Waals surface area contributed by atoms with E-state index >= 15 is 0 Å². The van der Waals surface area contributed by atoms with E-state index in [1.54, 1.807) is 0 Å². The van der Waals surface area contributed by atoms with Crippen LogP contribution in [0.2, 0.25) is 0 Å². The summed E-state index contributed by atoms with van der Waals surface area (Å²) in [4.78, 5) is 0. The lowest BCUT2D eigenvalue weighted by Crippen LogP contribution is -2.15. The molecule has 1 N–H and O–H groups in total. The second-order valence-corrected chi connectivity index (χ2v) is 2.41. The molecular weight excluding hydrogens is 122 g/mol. The lowest BCUT2D eigenvalue weighted by Gasteiger charge is -1.99. The molecule has 1 nitrogen and oxygen atoms in total. The first-order chi connectivity index (χ1) is 4.91. The maximum atomic E-state index is 5.10. The molecule has 0 aliphatic carbocycles. The third kappa shape index (κ3) is 7.52. The van der Waals surface area contributed by atoms with Crippen molar-refractivity contribution in [3.05, 3.63) is 0 Å². The van der Waals surface area contributed by atoms with Crippen molar-refractivity contribution in [3.63, 3.8) is 0 Å². The molecule has 0 aromatic heterocycles. The standard InChI is InChI=1S/C9H17N/c1-3-5-6-7-9-10-8-4-2/h1,10H,4-9H2,2H3. The summed E-state index contributed by atoms with van der Waals surface area (Å²) >= 11 is 0. The Morgan fingerprint density at radius 1 is 1.30 bits per heavy atom. The molecule has 10 heavy (non-hydrogen) atoms. The van der Waals surface area contributed by atoms with Gasteiger partial charge in [-0.15, -0.1) is 12.3 Å². The first-order valence-electron chi connectivity index (χ1n) is 4.06. The van der Waals surface area contributed by atoms with E-state index in [0.29, 0.717) is 0 Å². The Morgan fingerprint density at radius 2 is 2.10 bits per heavy atom. The number of unbranched alkanes of at least 4 members (excludes halogenated alkanes) is 2. The summed E-state index contributed by atoms with van der Waals surface area (Å²) in [6.07, 6.45) is 9.61. The summed E-state index contributed by atoms with van der Waals surface area (Å²) < 4.78 is 0. The number of hydrogen-bond donors (Lipinski definition) is 1. The van der Waals surface area contributed by atoms with Gasteiger partial charge in [0.15, 0.2) is 0 Å². The summed E-state index contributed by atoms with van der Waals surface area (Å²) in [5.74, 6) is 2.63. The molecule has 58 valence electrons. The Bertz CT molecular complexity index is 91.4. The topological polar surface area (TPSA) is 12.0 Å². The molecule has 0 fully saturated rings. The molecule has 0 rings (SSSR count). The molecule has 0 atom stereocenters. The third-order valence-corrected chi connectivity index (χ3v) is 1.35. The van der Waals surface area contributed by atoms with E-state index in [-0.39, 0.29) is 0 Å². The summed E-state index contributed by atoms with van der Waals surface area (Å²) in [6, 6.07) is 0. The van der Waals surface area contributed by atoms with E-state index in [9.17, 15) is 0 Å². The summed E-state index contributed by atoms with van der Waals surface area (Å²) in [5.41, 5.74) is 0. The van der Waals surface area contributed by atoms with Crippen LogP contribution in [0.1, 0.15) is 32.6 Å². The second kappa shape index (κ2) is 8.52. The van der Waals surface area contributed by atoms with Crippen molar-refractivity contribution in [2.24, 2.45) is 0 Å². The minimum Gasteiger partial charge on any atom is -0.317 e. The van der Waals surface area contributed by atoms with Crippen molar-refractivity contribution in [2.75, 3.05) is 13.1 Å². The zero-order valence-corrected chi connectivity index (χ0v) is 6.82. The maximum absolute atomic E-state index is 5.10. The molecule has 0 spiro atoms. The van der Waals surface area contributed by atoms with E-state index < -0.39 is 0 Å². The fraction of sp³-hybridized carbons (Fsp3) is 0.778. The molecule has 0 heterocycles. The quantitative estimate of drug-likeness (QED) is 0.437. The zero-order chi connectivity index (χ0) is 7.66. The van der Waals surface area contributed by atoms with Gasteiger partial charge in [-0.25, -0.2) is 0 Å². The zero-order valence-electron chi connectivity index (χ0n) is 6.82. The van der Waals surface area contributed by atoms with Crippen LogP contribution in [-0.4, -0.2) is 13.1 Å². The third-order valence-electron chi connectivity index (χ3n) is 1.35. The van der Waals surface area contributed by atoms with Crippen molar-refractivity contribution < 1.29 is 0 Å². The predicted molar refractivity (Wildman–Crippen MR) is 45.8 cm³/mol. The Labute approximate surface area is 64.2 Å². The van der Waals surface area contributed by atoms with Gasteiger partial charge in [-0.05, 0) is 32.4 Å². The predicted octanol–water partition coefficient (Wildman–Crippen LogP) is 1.79. The van der Waals surface area contributed by atoms with Crippen LogP contribution in [-0.2, 0) is 0 Å². The van der Waals surface area contributed by atoms with Crippen molar-refractivity contribution in [1.82, 2.24) is 5.32 Å². The lowest BCUT2D eigenvalue weighted by molar-refractivity contribution is 0.623. The van der Waals surface area contributed by atoms with Crippen molar-refractivity contribution in [1.29, 1.82) is 0 Å². The van der Waals surface area contributed by atoms with E-state index in [1.807, 2.05) is 0 Å². The smallest absolute Gasteiger partial charge is 0.00865 e. The second-order valence-electron chi connectivity index (χ2n) is 2.41. The monoisotopic (exact) mass is 139 g/mol. The van der Waals surface area contributed by atoms with Crippen LogP contribution in [0.3, 0.4) is 0 Å². The van der Waals surface area contributed by atoms with Gasteiger partial charge in [0, 0.05) is 6.42 Å². The molecule has 0 amide bonds. The van der Waals surface area contributed by atoms with Crippen LogP contribution in [0.15, 0.2) is 0 Å². The molecule has 0 aliphatic heterocycles. The number of hydrogen-bond acceptors (Lipinski definition) is 1. The lowest BCUT2D eigenvalue weighted by atomic mass is 10.2. The van der Waals surface area contributed by atoms with Crippen LogP contribution >= 0.6 is 0 Å². The summed E-state index contributed by atoms with van der Waals surface area (Å²) in [7, 11) is 0. The van der Waals surface area contributed by atoms with Gasteiger partial charge in [-0.2, -0.15) is 0 Å². The maximum Gasteiger partial charge on any atom is 0.00865 e.